The maximum Gasteiger partial charge on any atom is 0.273 e. The summed E-state index contributed by atoms with van der Waals surface area (Å²) in [6, 6.07) is 3.82. The van der Waals surface area contributed by atoms with Crippen molar-refractivity contribution >= 4 is 12.0 Å². The lowest BCUT2D eigenvalue weighted by molar-refractivity contribution is -0.384. The van der Waals surface area contributed by atoms with E-state index in [1.54, 1.807) is 0 Å². The van der Waals surface area contributed by atoms with Crippen LogP contribution in [0.2, 0.25) is 0 Å². The van der Waals surface area contributed by atoms with Crippen LogP contribution in [-0.2, 0) is 0 Å². The van der Waals surface area contributed by atoms with Crippen molar-refractivity contribution in [3.05, 3.63) is 33.9 Å². The number of nitro groups is 1. The average molecular weight is 271 g/mol. The number of aldehydes is 1. The second kappa shape index (κ2) is 16.1. The molecule has 0 unspecified atom stereocenters. The molecule has 110 valence electrons. The SMILES string of the molecule is CC.CC.CC.COc1cc([N+](=O)[O-])ccc1C=O. The Morgan fingerprint density at radius 1 is 1.11 bits per heavy atom. The van der Waals surface area contributed by atoms with Gasteiger partial charge in [-0.1, -0.05) is 41.5 Å². The van der Waals surface area contributed by atoms with E-state index in [2.05, 4.69) is 0 Å². The second-order valence-corrected chi connectivity index (χ2v) is 2.30. The molecule has 0 aliphatic heterocycles. The van der Waals surface area contributed by atoms with Crippen molar-refractivity contribution in [1.82, 2.24) is 0 Å². The van der Waals surface area contributed by atoms with E-state index in [1.807, 2.05) is 41.5 Å². The zero-order chi connectivity index (χ0) is 15.8. The van der Waals surface area contributed by atoms with E-state index >= 15 is 0 Å². The molecule has 0 aromatic heterocycles. The van der Waals surface area contributed by atoms with Gasteiger partial charge in [0.25, 0.3) is 5.69 Å². The van der Waals surface area contributed by atoms with Crippen LogP contribution in [-0.4, -0.2) is 18.3 Å². The van der Waals surface area contributed by atoms with Crippen molar-refractivity contribution in [3.63, 3.8) is 0 Å². The molecule has 0 heterocycles. The van der Waals surface area contributed by atoms with Crippen LogP contribution in [0.4, 0.5) is 5.69 Å². The monoisotopic (exact) mass is 271 g/mol. The number of carbonyl (C=O) groups excluding carboxylic acids is 1. The van der Waals surface area contributed by atoms with Crippen LogP contribution in [0.15, 0.2) is 18.2 Å². The van der Waals surface area contributed by atoms with Gasteiger partial charge < -0.3 is 4.74 Å². The minimum Gasteiger partial charge on any atom is -0.496 e. The highest BCUT2D eigenvalue weighted by Crippen LogP contribution is 2.22. The topological polar surface area (TPSA) is 69.4 Å². The minimum atomic E-state index is -0.545. The van der Waals surface area contributed by atoms with Gasteiger partial charge in [-0.2, -0.15) is 0 Å². The number of ether oxygens (including phenoxy) is 1. The molecule has 0 aliphatic rings. The van der Waals surface area contributed by atoms with Crippen LogP contribution in [0.25, 0.3) is 0 Å². The summed E-state index contributed by atoms with van der Waals surface area (Å²) in [5.74, 6) is 0.212. The maximum absolute atomic E-state index is 10.4. The molecule has 0 saturated heterocycles. The van der Waals surface area contributed by atoms with Crippen LogP contribution < -0.4 is 4.74 Å². The zero-order valence-electron chi connectivity index (χ0n) is 12.9. The van der Waals surface area contributed by atoms with Crippen LogP contribution in [0, 0.1) is 10.1 Å². The van der Waals surface area contributed by atoms with E-state index in [4.69, 9.17) is 4.74 Å². The summed E-state index contributed by atoms with van der Waals surface area (Å²) in [5.41, 5.74) is 0.204. The maximum atomic E-state index is 10.4. The Balaban J connectivity index is -0.000000375. The Hall–Kier alpha value is -1.91. The van der Waals surface area contributed by atoms with Crippen LogP contribution in [0.1, 0.15) is 51.9 Å². The van der Waals surface area contributed by atoms with Crippen LogP contribution >= 0.6 is 0 Å². The summed E-state index contributed by atoms with van der Waals surface area (Å²) in [4.78, 5) is 20.2. The fourth-order valence-electron chi connectivity index (χ4n) is 0.911. The number of nitro benzene ring substituents is 1. The van der Waals surface area contributed by atoms with Gasteiger partial charge in [0.05, 0.1) is 23.7 Å². The number of benzene rings is 1. The standard InChI is InChI=1S/C8H7NO4.3C2H6/c1-13-8-4-7(9(11)12)3-2-6(8)5-10;3*1-2/h2-5H,1H3;3*1-2H3. The van der Waals surface area contributed by atoms with Crippen molar-refractivity contribution in [2.45, 2.75) is 41.5 Å². The van der Waals surface area contributed by atoms with Gasteiger partial charge in [0.1, 0.15) is 5.75 Å². The third kappa shape index (κ3) is 8.77. The molecule has 1 rings (SSSR count). The van der Waals surface area contributed by atoms with E-state index in [0.717, 1.165) is 0 Å². The number of nitrogens with zero attached hydrogens (tertiary/aromatic N) is 1. The molecule has 19 heavy (non-hydrogen) atoms. The number of hydrogen-bond donors (Lipinski definition) is 0. The Labute approximate surface area is 115 Å². The average Bonchev–Trinajstić information content (AvgIpc) is 2.52. The summed E-state index contributed by atoms with van der Waals surface area (Å²) in [5, 5.41) is 10.3. The number of carbonyl (C=O) groups is 1. The van der Waals surface area contributed by atoms with Gasteiger partial charge in [0, 0.05) is 6.07 Å². The van der Waals surface area contributed by atoms with Gasteiger partial charge in [-0.3, -0.25) is 14.9 Å². The highest BCUT2D eigenvalue weighted by Gasteiger charge is 2.09. The Kier molecular flexibility index (Phi) is 18.9. The van der Waals surface area contributed by atoms with Gasteiger partial charge in [0.15, 0.2) is 6.29 Å². The van der Waals surface area contributed by atoms with Crippen molar-refractivity contribution < 1.29 is 14.5 Å². The number of non-ortho nitro benzene ring substituents is 1. The molecule has 0 bridgehead atoms. The van der Waals surface area contributed by atoms with Crippen LogP contribution in [0.3, 0.4) is 0 Å². The summed E-state index contributed by atoms with van der Waals surface area (Å²) < 4.78 is 4.79. The quantitative estimate of drug-likeness (QED) is 0.461. The molecular weight excluding hydrogens is 246 g/mol. The summed E-state index contributed by atoms with van der Waals surface area (Å²) in [6.45, 7) is 12.0. The molecule has 0 aliphatic carbocycles. The van der Waals surface area contributed by atoms with Gasteiger partial charge in [0.2, 0.25) is 0 Å². The van der Waals surface area contributed by atoms with Gasteiger partial charge in [-0.05, 0) is 6.07 Å². The third-order valence-electron chi connectivity index (χ3n) is 1.55. The fraction of sp³-hybridized carbons (Fsp3) is 0.500. The fourth-order valence-corrected chi connectivity index (χ4v) is 0.911. The lowest BCUT2D eigenvalue weighted by Gasteiger charge is -2.01. The summed E-state index contributed by atoms with van der Waals surface area (Å²) in [6.07, 6.45) is 0.586. The first-order valence-electron chi connectivity index (χ1n) is 6.46. The zero-order valence-corrected chi connectivity index (χ0v) is 12.9. The van der Waals surface area contributed by atoms with Crippen molar-refractivity contribution in [3.8, 4) is 5.75 Å². The number of rotatable bonds is 3. The molecule has 5 nitrogen and oxygen atoms in total. The molecule has 1 aromatic carbocycles. The van der Waals surface area contributed by atoms with Crippen molar-refractivity contribution in [2.24, 2.45) is 0 Å². The summed E-state index contributed by atoms with van der Waals surface area (Å²) >= 11 is 0. The Bertz CT molecular complexity index is 351. The van der Waals surface area contributed by atoms with Crippen molar-refractivity contribution in [2.75, 3.05) is 7.11 Å². The molecule has 0 fully saturated rings. The molecule has 1 aromatic rings. The van der Waals surface area contributed by atoms with Crippen molar-refractivity contribution in [1.29, 1.82) is 0 Å². The molecule has 0 spiro atoms. The molecule has 0 saturated carbocycles. The Morgan fingerprint density at radius 2 is 1.58 bits per heavy atom. The normalized spacial score (nSPS) is 7.32. The third-order valence-corrected chi connectivity index (χ3v) is 1.55. The Morgan fingerprint density at radius 3 is 1.89 bits per heavy atom. The van der Waals surface area contributed by atoms with E-state index in [1.165, 1.54) is 25.3 Å². The molecule has 0 amide bonds. The number of methoxy groups -OCH3 is 1. The first kappa shape index (κ1) is 22.3. The minimum absolute atomic E-state index is 0.0950. The van der Waals surface area contributed by atoms with Gasteiger partial charge in [-0.25, -0.2) is 0 Å². The lowest BCUT2D eigenvalue weighted by atomic mass is 10.2. The molecule has 0 atom stereocenters. The first-order valence-corrected chi connectivity index (χ1v) is 6.46. The highest BCUT2D eigenvalue weighted by molar-refractivity contribution is 5.80. The van der Waals surface area contributed by atoms with E-state index < -0.39 is 4.92 Å². The smallest absolute Gasteiger partial charge is 0.273 e. The van der Waals surface area contributed by atoms with Gasteiger partial charge >= 0.3 is 0 Å². The predicted octanol–water partition coefficient (Wildman–Crippen LogP) is 4.49. The van der Waals surface area contributed by atoms with E-state index in [0.29, 0.717) is 11.8 Å². The largest absolute Gasteiger partial charge is 0.496 e. The highest BCUT2D eigenvalue weighted by atomic mass is 16.6. The molecular formula is C14H25NO4. The van der Waals surface area contributed by atoms with E-state index in [9.17, 15) is 14.9 Å². The molecule has 0 N–H and O–H groups in total. The molecule has 5 heteroatoms. The second-order valence-electron chi connectivity index (χ2n) is 2.30. The van der Waals surface area contributed by atoms with Crippen LogP contribution in [0.5, 0.6) is 5.75 Å². The predicted molar refractivity (Wildman–Crippen MR) is 79.1 cm³/mol. The summed E-state index contributed by atoms with van der Waals surface area (Å²) in [7, 11) is 1.35. The molecule has 0 radical (unpaired) electrons. The number of hydrogen-bond acceptors (Lipinski definition) is 4. The first-order chi connectivity index (χ1) is 9.19. The lowest BCUT2D eigenvalue weighted by Crippen LogP contribution is -1.93. The van der Waals surface area contributed by atoms with E-state index in [-0.39, 0.29) is 11.4 Å². The van der Waals surface area contributed by atoms with Gasteiger partial charge in [-0.15, -0.1) is 0 Å².